The van der Waals surface area contributed by atoms with Crippen LogP contribution in [0.25, 0.3) is 16.7 Å². The summed E-state index contributed by atoms with van der Waals surface area (Å²) in [5.74, 6) is -0.893. The molecule has 1 aliphatic heterocycles. The zero-order valence-electron chi connectivity index (χ0n) is 19.9. The number of rotatable bonds is 7. The number of nitrogens with zero attached hydrogens (tertiary/aromatic N) is 7. The molecule has 0 bridgehead atoms. The van der Waals surface area contributed by atoms with Crippen LogP contribution >= 0.6 is 11.6 Å². The molecule has 1 unspecified atom stereocenters. The van der Waals surface area contributed by atoms with Crippen molar-refractivity contribution in [3.05, 3.63) is 70.4 Å². The molecule has 10 nitrogen and oxygen atoms in total. The normalized spacial score (nSPS) is 16.3. The van der Waals surface area contributed by atoms with Gasteiger partial charge in [-0.05, 0) is 37.1 Å². The molecule has 4 heterocycles. The Kier molecular flexibility index (Phi) is 6.97. The van der Waals surface area contributed by atoms with E-state index in [2.05, 4.69) is 15.2 Å². The van der Waals surface area contributed by atoms with E-state index < -0.39 is 41.8 Å². The molecular formula is C24H23ClF3N7O3. The summed E-state index contributed by atoms with van der Waals surface area (Å²) in [6.07, 6.45) is 2.14. The van der Waals surface area contributed by atoms with Crippen molar-refractivity contribution in [1.82, 2.24) is 34.0 Å². The maximum atomic E-state index is 13.6. The number of benzene rings is 1. The first-order valence-corrected chi connectivity index (χ1v) is 12.2. The van der Waals surface area contributed by atoms with Gasteiger partial charge in [-0.25, -0.2) is 22.8 Å². The van der Waals surface area contributed by atoms with Gasteiger partial charge in [-0.1, -0.05) is 11.6 Å². The molecule has 1 fully saturated rings. The third-order valence-electron chi connectivity index (χ3n) is 6.72. The van der Waals surface area contributed by atoms with Crippen LogP contribution in [0.5, 0.6) is 0 Å². The van der Waals surface area contributed by atoms with E-state index in [1.165, 1.54) is 63.3 Å². The van der Waals surface area contributed by atoms with E-state index in [9.17, 15) is 27.9 Å². The standard InChI is InChI=1S/C24H23ClF3N7O3/c25-15-10-30-34(12-15)19(21(27)28)9-20(36)32-7-5-24(38,6-8-32)13-33-14-29-22-18(23(33)37)11-31-35(22)17-3-1-16(26)2-4-17/h1-4,10-12,14,19,21,38H,5-9,13H2. The van der Waals surface area contributed by atoms with Crippen LogP contribution < -0.4 is 5.56 Å². The molecule has 1 aromatic carbocycles. The predicted octanol–water partition coefficient (Wildman–Crippen LogP) is 2.82. The van der Waals surface area contributed by atoms with Gasteiger partial charge in [0.25, 0.3) is 12.0 Å². The second kappa shape index (κ2) is 10.2. The average Bonchev–Trinajstić information content (AvgIpc) is 3.51. The molecule has 1 atom stereocenters. The van der Waals surface area contributed by atoms with Gasteiger partial charge in [-0.15, -0.1) is 0 Å². The highest BCUT2D eigenvalue weighted by atomic mass is 35.5. The Bertz CT molecular complexity index is 1510. The van der Waals surface area contributed by atoms with Crippen LogP contribution in [0.3, 0.4) is 0 Å². The molecule has 0 aliphatic carbocycles. The van der Waals surface area contributed by atoms with E-state index in [1.54, 1.807) is 0 Å². The van der Waals surface area contributed by atoms with Crippen LogP contribution in [-0.4, -0.2) is 70.1 Å². The monoisotopic (exact) mass is 549 g/mol. The van der Waals surface area contributed by atoms with Crippen molar-refractivity contribution in [3.63, 3.8) is 0 Å². The van der Waals surface area contributed by atoms with Gasteiger partial charge in [0.15, 0.2) is 5.65 Å². The Morgan fingerprint density at radius 1 is 1.13 bits per heavy atom. The fourth-order valence-corrected chi connectivity index (χ4v) is 4.73. The summed E-state index contributed by atoms with van der Waals surface area (Å²) in [4.78, 5) is 31.6. The zero-order chi connectivity index (χ0) is 27.0. The van der Waals surface area contributed by atoms with Crippen molar-refractivity contribution in [3.8, 4) is 5.69 Å². The highest BCUT2D eigenvalue weighted by Gasteiger charge is 2.36. The summed E-state index contributed by atoms with van der Waals surface area (Å²) in [5.41, 5.74) is -0.891. The van der Waals surface area contributed by atoms with E-state index >= 15 is 0 Å². The lowest BCUT2D eigenvalue weighted by atomic mass is 9.91. The lowest BCUT2D eigenvalue weighted by Crippen LogP contribution is -2.50. The largest absolute Gasteiger partial charge is 0.388 e. The second-order valence-corrected chi connectivity index (χ2v) is 9.73. The number of aromatic nitrogens is 6. The molecule has 0 saturated carbocycles. The molecule has 1 amide bonds. The number of aliphatic hydroxyl groups is 1. The Labute approximate surface area is 218 Å². The molecule has 3 aromatic heterocycles. The van der Waals surface area contributed by atoms with Crippen LogP contribution in [0.4, 0.5) is 13.2 Å². The molecule has 0 radical (unpaired) electrons. The van der Waals surface area contributed by atoms with E-state index in [-0.39, 0.29) is 48.5 Å². The predicted molar refractivity (Wildman–Crippen MR) is 131 cm³/mol. The van der Waals surface area contributed by atoms with Crippen LogP contribution in [0.15, 0.2) is 54.0 Å². The lowest BCUT2D eigenvalue weighted by molar-refractivity contribution is -0.138. The topological polar surface area (TPSA) is 111 Å². The van der Waals surface area contributed by atoms with Crippen LogP contribution in [0, 0.1) is 5.82 Å². The van der Waals surface area contributed by atoms with Crippen LogP contribution in [0.1, 0.15) is 25.3 Å². The minimum Gasteiger partial charge on any atom is -0.388 e. The van der Waals surface area contributed by atoms with Gasteiger partial charge in [0, 0.05) is 19.3 Å². The van der Waals surface area contributed by atoms with Gasteiger partial charge < -0.3 is 10.0 Å². The molecular weight excluding hydrogens is 527 g/mol. The van der Waals surface area contributed by atoms with Crippen molar-refractivity contribution < 1.29 is 23.1 Å². The molecule has 1 aliphatic rings. The Balaban J connectivity index is 1.25. The van der Waals surface area contributed by atoms with Gasteiger partial charge in [0.05, 0.1) is 41.7 Å². The molecule has 0 spiro atoms. The van der Waals surface area contributed by atoms with Gasteiger partial charge in [0.2, 0.25) is 5.91 Å². The van der Waals surface area contributed by atoms with Gasteiger partial charge >= 0.3 is 0 Å². The quantitative estimate of drug-likeness (QED) is 0.379. The molecule has 200 valence electrons. The molecule has 1 saturated heterocycles. The van der Waals surface area contributed by atoms with E-state index in [0.717, 1.165) is 4.68 Å². The van der Waals surface area contributed by atoms with Crippen molar-refractivity contribution in [2.24, 2.45) is 0 Å². The van der Waals surface area contributed by atoms with Crippen molar-refractivity contribution in [2.75, 3.05) is 13.1 Å². The number of piperidine rings is 1. The first-order chi connectivity index (χ1) is 18.1. The third-order valence-corrected chi connectivity index (χ3v) is 6.92. The molecule has 38 heavy (non-hydrogen) atoms. The number of amides is 1. The highest BCUT2D eigenvalue weighted by molar-refractivity contribution is 6.30. The number of carbonyl (C=O) groups excluding carboxylic acids is 1. The first kappa shape index (κ1) is 25.9. The van der Waals surface area contributed by atoms with E-state index in [0.29, 0.717) is 5.69 Å². The summed E-state index contributed by atoms with van der Waals surface area (Å²) in [6, 6.07) is 4.12. The van der Waals surface area contributed by atoms with Gasteiger partial charge in [-0.3, -0.25) is 18.8 Å². The molecule has 1 N–H and O–H groups in total. The number of hydrogen-bond acceptors (Lipinski definition) is 6. The average molecular weight is 550 g/mol. The summed E-state index contributed by atoms with van der Waals surface area (Å²) < 4.78 is 44.1. The SMILES string of the molecule is O=C(CC(C(F)F)n1cc(Cl)cn1)N1CCC(O)(Cn2cnc3c(cnn3-c3ccc(F)cc3)c2=O)CC1. The number of fused-ring (bicyclic) bond motifs is 1. The highest BCUT2D eigenvalue weighted by Crippen LogP contribution is 2.27. The van der Waals surface area contributed by atoms with E-state index in [4.69, 9.17) is 11.6 Å². The molecule has 5 rings (SSSR count). The van der Waals surface area contributed by atoms with Crippen molar-refractivity contribution in [2.45, 2.75) is 43.9 Å². The Morgan fingerprint density at radius 3 is 2.47 bits per heavy atom. The molecule has 14 heteroatoms. The third kappa shape index (κ3) is 5.16. The fourth-order valence-electron chi connectivity index (χ4n) is 4.58. The number of carbonyl (C=O) groups is 1. The summed E-state index contributed by atoms with van der Waals surface area (Å²) in [6.45, 7) is 0.208. The number of likely N-dealkylation sites (tertiary alicyclic amines) is 1. The van der Waals surface area contributed by atoms with Crippen molar-refractivity contribution >= 4 is 28.5 Å². The lowest BCUT2D eigenvalue weighted by Gasteiger charge is -2.38. The minimum atomic E-state index is -2.82. The molecule has 4 aromatic rings. The van der Waals surface area contributed by atoms with Crippen LogP contribution in [-0.2, 0) is 11.3 Å². The summed E-state index contributed by atoms with van der Waals surface area (Å²) >= 11 is 5.77. The fraction of sp³-hybridized carbons (Fsp3) is 0.375. The number of halogens is 4. The second-order valence-electron chi connectivity index (χ2n) is 9.30. The first-order valence-electron chi connectivity index (χ1n) is 11.8. The maximum absolute atomic E-state index is 13.6. The van der Waals surface area contributed by atoms with Gasteiger partial charge in [-0.2, -0.15) is 10.2 Å². The van der Waals surface area contributed by atoms with E-state index in [1.807, 2.05) is 0 Å². The minimum absolute atomic E-state index is 0.0655. The number of hydrogen-bond donors (Lipinski definition) is 1. The Morgan fingerprint density at radius 2 is 1.84 bits per heavy atom. The smallest absolute Gasteiger partial charge is 0.264 e. The van der Waals surface area contributed by atoms with Gasteiger partial charge in [0.1, 0.15) is 23.6 Å². The maximum Gasteiger partial charge on any atom is 0.264 e. The Hall–Kier alpha value is -3.71. The van der Waals surface area contributed by atoms with Crippen LogP contribution in [0.2, 0.25) is 5.02 Å². The summed E-state index contributed by atoms with van der Waals surface area (Å²) in [5, 5.41) is 19.6. The summed E-state index contributed by atoms with van der Waals surface area (Å²) in [7, 11) is 0. The zero-order valence-corrected chi connectivity index (χ0v) is 20.7. The van der Waals surface area contributed by atoms with Crippen molar-refractivity contribution in [1.29, 1.82) is 0 Å². The number of alkyl halides is 2.